The Morgan fingerprint density at radius 1 is 1.32 bits per heavy atom. The lowest BCUT2D eigenvalue weighted by molar-refractivity contribution is -0.00713. The molecule has 0 aliphatic carbocycles. The normalized spacial score (nSPS) is 16.3. The summed E-state index contributed by atoms with van der Waals surface area (Å²) < 4.78 is 1.77. The van der Waals surface area contributed by atoms with Gasteiger partial charge in [0.15, 0.2) is 0 Å². The number of aliphatic hydroxyl groups excluding tert-OH is 1. The molecule has 0 aliphatic rings. The van der Waals surface area contributed by atoms with Crippen molar-refractivity contribution in [3.05, 3.63) is 47.5 Å². The van der Waals surface area contributed by atoms with Crippen LogP contribution in [0.5, 0.6) is 0 Å². The summed E-state index contributed by atoms with van der Waals surface area (Å²) in [6.45, 7) is 8.23. The van der Waals surface area contributed by atoms with Crippen LogP contribution in [0.4, 0.5) is 0 Å². The first-order chi connectivity index (χ1) is 10.3. The first kappa shape index (κ1) is 17.0. The van der Waals surface area contributed by atoms with Crippen molar-refractivity contribution in [1.29, 1.82) is 0 Å². The first-order valence-electron chi connectivity index (χ1n) is 7.55. The minimum Gasteiger partial charge on any atom is -0.390 e. The average Bonchev–Trinajstić information content (AvgIpc) is 2.91. The van der Waals surface area contributed by atoms with Gasteiger partial charge >= 0.3 is 0 Å². The number of rotatable bonds is 5. The van der Waals surface area contributed by atoms with Crippen LogP contribution in [0.25, 0.3) is 0 Å². The minimum absolute atomic E-state index is 0.138. The van der Waals surface area contributed by atoms with Gasteiger partial charge in [-0.3, -0.25) is 0 Å². The molecule has 0 spiro atoms. The van der Waals surface area contributed by atoms with Gasteiger partial charge in [-0.1, -0.05) is 51.4 Å². The van der Waals surface area contributed by atoms with E-state index in [1.54, 1.807) is 11.0 Å². The monoisotopic (exact) mass is 321 g/mol. The maximum absolute atomic E-state index is 10.8. The van der Waals surface area contributed by atoms with E-state index < -0.39 is 6.10 Å². The van der Waals surface area contributed by atoms with E-state index in [-0.39, 0.29) is 17.4 Å². The molecule has 0 bridgehead atoms. The zero-order valence-corrected chi connectivity index (χ0v) is 14.3. The number of aromatic nitrogens is 3. The van der Waals surface area contributed by atoms with Gasteiger partial charge in [-0.15, -0.1) is 0 Å². The molecule has 4 nitrogen and oxygen atoms in total. The van der Waals surface area contributed by atoms with E-state index in [1.807, 2.05) is 39.0 Å². The fraction of sp³-hybridized carbons (Fsp3) is 0.529. The Bertz CT molecular complexity index is 592. The number of aliphatic hydroxyl groups is 1. The van der Waals surface area contributed by atoms with Gasteiger partial charge in [-0.25, -0.2) is 9.67 Å². The molecule has 0 amide bonds. The second-order valence-corrected chi connectivity index (χ2v) is 7.42. The Kier molecular flexibility index (Phi) is 5.24. The molecule has 2 rings (SSSR count). The molecule has 1 N–H and O–H groups in total. The van der Waals surface area contributed by atoms with E-state index in [1.165, 1.54) is 6.33 Å². The van der Waals surface area contributed by atoms with Crippen LogP contribution in [0.2, 0.25) is 5.02 Å². The smallest absolute Gasteiger partial charge is 0.137 e. The van der Waals surface area contributed by atoms with Crippen LogP contribution in [0.3, 0.4) is 0 Å². The van der Waals surface area contributed by atoms with E-state index in [9.17, 15) is 5.11 Å². The van der Waals surface area contributed by atoms with Crippen LogP contribution < -0.4 is 0 Å². The molecule has 2 aromatic rings. The molecule has 1 aromatic carbocycles. The lowest BCUT2D eigenvalue weighted by Gasteiger charge is -2.36. The molecule has 3 unspecified atom stereocenters. The topological polar surface area (TPSA) is 50.9 Å². The van der Waals surface area contributed by atoms with E-state index >= 15 is 0 Å². The summed E-state index contributed by atoms with van der Waals surface area (Å²) in [6, 6.07) is 7.72. The van der Waals surface area contributed by atoms with Crippen LogP contribution in [-0.2, 0) is 6.42 Å². The highest BCUT2D eigenvalue weighted by atomic mass is 35.5. The molecule has 3 atom stereocenters. The molecule has 5 heteroatoms. The van der Waals surface area contributed by atoms with Crippen molar-refractivity contribution in [2.45, 2.75) is 46.3 Å². The number of hydrogen-bond acceptors (Lipinski definition) is 3. The molecule has 1 aromatic heterocycles. The van der Waals surface area contributed by atoms with Gasteiger partial charge in [-0.05, 0) is 35.4 Å². The number of halogens is 1. The summed E-state index contributed by atoms with van der Waals surface area (Å²) in [5.41, 5.74) is 0.922. The summed E-state index contributed by atoms with van der Waals surface area (Å²) >= 11 is 6.07. The Labute approximate surface area is 137 Å². The van der Waals surface area contributed by atoms with Gasteiger partial charge in [0, 0.05) is 5.02 Å². The van der Waals surface area contributed by atoms with Gasteiger partial charge in [0.2, 0.25) is 0 Å². The molecule has 0 fully saturated rings. The quantitative estimate of drug-likeness (QED) is 0.912. The highest BCUT2D eigenvalue weighted by Crippen LogP contribution is 2.34. The second-order valence-electron chi connectivity index (χ2n) is 6.99. The zero-order chi connectivity index (χ0) is 16.3. The zero-order valence-electron chi connectivity index (χ0n) is 13.6. The Hall–Kier alpha value is -1.39. The Balaban J connectivity index is 2.25. The second kappa shape index (κ2) is 6.80. The maximum atomic E-state index is 10.8. The SMILES string of the molecule is CC(Cc1cccc(Cl)c1)C(C(O)C(C)(C)C)n1cncn1. The van der Waals surface area contributed by atoms with E-state index in [0.29, 0.717) is 0 Å². The van der Waals surface area contributed by atoms with Crippen LogP contribution in [0, 0.1) is 11.3 Å². The molecular formula is C17H24ClN3O. The third-order valence-electron chi connectivity index (χ3n) is 3.98. The lowest BCUT2D eigenvalue weighted by atomic mass is 9.79. The predicted molar refractivity (Wildman–Crippen MR) is 88.8 cm³/mol. The van der Waals surface area contributed by atoms with Crippen molar-refractivity contribution >= 4 is 11.6 Å². The summed E-state index contributed by atoms with van der Waals surface area (Å²) in [5, 5.41) is 15.8. The molecule has 0 aliphatic heterocycles. The lowest BCUT2D eigenvalue weighted by Crippen LogP contribution is -2.39. The van der Waals surface area contributed by atoms with E-state index in [2.05, 4.69) is 23.1 Å². The van der Waals surface area contributed by atoms with Crippen LogP contribution in [-0.4, -0.2) is 26.0 Å². The Morgan fingerprint density at radius 3 is 2.59 bits per heavy atom. The average molecular weight is 322 g/mol. The van der Waals surface area contributed by atoms with Crippen molar-refractivity contribution in [1.82, 2.24) is 14.8 Å². The van der Waals surface area contributed by atoms with Gasteiger partial charge < -0.3 is 5.11 Å². The fourth-order valence-corrected chi connectivity index (χ4v) is 2.97. The first-order valence-corrected chi connectivity index (χ1v) is 7.93. The van der Waals surface area contributed by atoms with Crippen molar-refractivity contribution in [3.63, 3.8) is 0 Å². The number of nitrogens with zero attached hydrogens (tertiary/aromatic N) is 3. The number of benzene rings is 1. The predicted octanol–water partition coefficient (Wildman–Crippen LogP) is 3.76. The minimum atomic E-state index is -0.525. The molecule has 120 valence electrons. The summed E-state index contributed by atoms with van der Waals surface area (Å²) in [5.74, 6) is 0.189. The summed E-state index contributed by atoms with van der Waals surface area (Å²) in [6.07, 6.45) is 3.48. The third kappa shape index (κ3) is 4.08. The molecule has 0 saturated carbocycles. The Morgan fingerprint density at radius 2 is 2.05 bits per heavy atom. The molecule has 1 heterocycles. The molecular weight excluding hydrogens is 298 g/mol. The van der Waals surface area contributed by atoms with E-state index in [4.69, 9.17) is 11.6 Å². The summed E-state index contributed by atoms with van der Waals surface area (Å²) in [7, 11) is 0. The fourth-order valence-electron chi connectivity index (χ4n) is 2.76. The van der Waals surface area contributed by atoms with Gasteiger partial charge in [0.1, 0.15) is 12.7 Å². The highest BCUT2D eigenvalue weighted by Gasteiger charge is 2.35. The molecule has 0 radical (unpaired) electrons. The van der Waals surface area contributed by atoms with Crippen molar-refractivity contribution in [3.8, 4) is 0 Å². The van der Waals surface area contributed by atoms with Crippen molar-refractivity contribution < 1.29 is 5.11 Å². The third-order valence-corrected chi connectivity index (χ3v) is 4.22. The number of hydrogen-bond donors (Lipinski definition) is 1. The summed E-state index contributed by atoms with van der Waals surface area (Å²) in [4.78, 5) is 4.03. The van der Waals surface area contributed by atoms with Crippen LogP contribution in [0.1, 0.15) is 39.3 Å². The highest BCUT2D eigenvalue weighted by molar-refractivity contribution is 6.30. The van der Waals surface area contributed by atoms with Gasteiger partial charge in [0.05, 0.1) is 12.1 Å². The van der Waals surface area contributed by atoms with Crippen LogP contribution >= 0.6 is 11.6 Å². The van der Waals surface area contributed by atoms with Crippen LogP contribution in [0.15, 0.2) is 36.9 Å². The van der Waals surface area contributed by atoms with E-state index in [0.717, 1.165) is 17.0 Å². The molecule has 22 heavy (non-hydrogen) atoms. The largest absolute Gasteiger partial charge is 0.390 e. The van der Waals surface area contributed by atoms with Gasteiger partial charge in [-0.2, -0.15) is 5.10 Å². The maximum Gasteiger partial charge on any atom is 0.137 e. The van der Waals surface area contributed by atoms with Gasteiger partial charge in [0.25, 0.3) is 0 Å². The standard InChI is InChI=1S/C17H24ClN3O/c1-12(8-13-6-5-7-14(18)9-13)15(16(22)17(2,3)4)21-11-19-10-20-21/h5-7,9-12,15-16,22H,8H2,1-4H3. The van der Waals surface area contributed by atoms with Crippen molar-refractivity contribution in [2.24, 2.45) is 11.3 Å². The van der Waals surface area contributed by atoms with Crippen molar-refractivity contribution in [2.75, 3.05) is 0 Å². The molecule has 0 saturated heterocycles.